The first kappa shape index (κ1) is 13.2. The van der Waals surface area contributed by atoms with Crippen LogP contribution in [0.2, 0.25) is 19.6 Å². The number of hydrogen-bond donors (Lipinski definition) is 0. The fourth-order valence-electron chi connectivity index (χ4n) is 1.29. The maximum atomic E-state index is 5.86. The van der Waals surface area contributed by atoms with Gasteiger partial charge in [-0.05, 0) is 39.1 Å². The molecule has 0 saturated carbocycles. The Morgan fingerprint density at radius 1 is 1.19 bits per heavy atom. The van der Waals surface area contributed by atoms with Gasteiger partial charge < -0.3 is 13.9 Å². The van der Waals surface area contributed by atoms with Gasteiger partial charge in [0.2, 0.25) is 14.1 Å². The Kier molecular flexibility index (Phi) is 3.43. The zero-order chi connectivity index (χ0) is 12.6. The van der Waals surface area contributed by atoms with Crippen molar-refractivity contribution in [1.82, 2.24) is 0 Å². The molecule has 4 heteroatoms. The van der Waals surface area contributed by atoms with Gasteiger partial charge in [-0.1, -0.05) is 0 Å². The van der Waals surface area contributed by atoms with Crippen molar-refractivity contribution in [3.05, 3.63) is 23.4 Å². The van der Waals surface area contributed by atoms with Gasteiger partial charge in [0.25, 0.3) is 5.95 Å². The van der Waals surface area contributed by atoms with E-state index in [4.69, 9.17) is 13.9 Å². The van der Waals surface area contributed by atoms with E-state index in [1.165, 1.54) is 0 Å². The molecule has 0 amide bonds. The highest BCUT2D eigenvalue weighted by atomic mass is 28.4. The summed E-state index contributed by atoms with van der Waals surface area (Å²) < 4.78 is 17.2. The molecule has 0 N–H and O–H groups in total. The topological polar surface area (TPSA) is 27.7 Å². The molecule has 0 aliphatic carbocycles. The summed E-state index contributed by atoms with van der Waals surface area (Å²) in [5, 5.41) is 0. The van der Waals surface area contributed by atoms with E-state index in [0.29, 0.717) is 5.95 Å². The lowest BCUT2D eigenvalue weighted by atomic mass is 10.2. The van der Waals surface area contributed by atoms with E-state index in [1.807, 2.05) is 33.8 Å². The molecule has 16 heavy (non-hydrogen) atoms. The molecule has 1 heterocycles. The fourth-order valence-corrected chi connectivity index (χ4v) is 2.00. The second-order valence-electron chi connectivity index (χ2n) is 5.65. The summed E-state index contributed by atoms with van der Waals surface area (Å²) in [7, 11) is -1.64. The summed E-state index contributed by atoms with van der Waals surface area (Å²) in [4.78, 5) is 0. The van der Waals surface area contributed by atoms with Crippen molar-refractivity contribution in [3.63, 3.8) is 0 Å². The molecule has 0 fully saturated rings. The van der Waals surface area contributed by atoms with E-state index in [2.05, 4.69) is 19.6 Å². The van der Waals surface area contributed by atoms with Crippen LogP contribution >= 0.6 is 0 Å². The summed E-state index contributed by atoms with van der Waals surface area (Å²) in [6.07, 6.45) is 1.83. The Labute approximate surface area is 99.2 Å². The zero-order valence-electron chi connectivity index (χ0n) is 11.3. The van der Waals surface area contributed by atoms with E-state index in [0.717, 1.165) is 11.3 Å². The molecule has 0 spiro atoms. The Hall–Kier alpha value is -0.903. The standard InChI is InChI=1S/C12H22O3Si/c1-9(2)10-8-11(15-16(5,6)7)14-12(3,4)13-10/h8H,1-7H3. The van der Waals surface area contributed by atoms with Crippen molar-refractivity contribution in [2.45, 2.75) is 53.1 Å². The molecule has 0 saturated heterocycles. The predicted molar refractivity (Wildman–Crippen MR) is 67.1 cm³/mol. The van der Waals surface area contributed by atoms with Gasteiger partial charge in [-0.15, -0.1) is 0 Å². The summed E-state index contributed by atoms with van der Waals surface area (Å²) in [5.74, 6) is 0.757. The maximum absolute atomic E-state index is 5.86. The molecule has 0 unspecified atom stereocenters. The minimum atomic E-state index is -1.64. The monoisotopic (exact) mass is 242 g/mol. The second kappa shape index (κ2) is 4.16. The van der Waals surface area contributed by atoms with E-state index in [9.17, 15) is 0 Å². The SMILES string of the molecule is CC(C)=C1C=C(O[Si](C)(C)C)OC(C)(C)O1. The highest BCUT2D eigenvalue weighted by Gasteiger charge is 2.31. The first-order valence-electron chi connectivity index (χ1n) is 5.55. The molecule has 0 aromatic rings. The van der Waals surface area contributed by atoms with Crippen LogP contribution in [0.25, 0.3) is 0 Å². The molecule has 3 nitrogen and oxygen atoms in total. The fraction of sp³-hybridized carbons (Fsp3) is 0.667. The van der Waals surface area contributed by atoms with Crippen LogP contribution in [0.4, 0.5) is 0 Å². The molecule has 0 atom stereocenters. The van der Waals surface area contributed by atoms with Gasteiger partial charge in [0, 0.05) is 13.8 Å². The number of hydrogen-bond acceptors (Lipinski definition) is 3. The largest absolute Gasteiger partial charge is 0.520 e. The van der Waals surface area contributed by atoms with Gasteiger partial charge in [-0.25, -0.2) is 0 Å². The third kappa shape index (κ3) is 3.93. The Morgan fingerprint density at radius 3 is 2.19 bits per heavy atom. The molecule has 1 aliphatic heterocycles. The van der Waals surface area contributed by atoms with Crippen LogP contribution in [-0.4, -0.2) is 14.1 Å². The van der Waals surface area contributed by atoms with Gasteiger partial charge >= 0.3 is 0 Å². The third-order valence-corrected chi connectivity index (χ3v) is 2.66. The van der Waals surface area contributed by atoms with Crippen LogP contribution in [0.15, 0.2) is 23.4 Å². The smallest absolute Gasteiger partial charge is 0.272 e. The van der Waals surface area contributed by atoms with Gasteiger partial charge in [-0.3, -0.25) is 0 Å². The Balaban J connectivity index is 2.96. The molecule has 0 aromatic carbocycles. The molecule has 92 valence electrons. The van der Waals surface area contributed by atoms with Crippen molar-refractivity contribution in [1.29, 1.82) is 0 Å². The highest BCUT2D eigenvalue weighted by molar-refractivity contribution is 6.70. The number of ether oxygens (including phenoxy) is 2. The third-order valence-electron chi connectivity index (χ3n) is 1.85. The van der Waals surface area contributed by atoms with Crippen LogP contribution in [0.3, 0.4) is 0 Å². The van der Waals surface area contributed by atoms with Crippen LogP contribution in [0, 0.1) is 0 Å². The van der Waals surface area contributed by atoms with Crippen LogP contribution < -0.4 is 0 Å². The van der Waals surface area contributed by atoms with Crippen molar-refractivity contribution in [2.75, 3.05) is 0 Å². The lowest BCUT2D eigenvalue weighted by Crippen LogP contribution is -2.35. The highest BCUT2D eigenvalue weighted by Crippen LogP contribution is 2.30. The first-order chi connectivity index (χ1) is 7.09. The van der Waals surface area contributed by atoms with Crippen LogP contribution in [0.5, 0.6) is 0 Å². The lowest BCUT2D eigenvalue weighted by Gasteiger charge is -2.35. The van der Waals surface area contributed by atoms with Crippen molar-refractivity contribution in [3.8, 4) is 0 Å². The molecule has 0 bridgehead atoms. The van der Waals surface area contributed by atoms with Crippen LogP contribution in [0.1, 0.15) is 27.7 Å². The van der Waals surface area contributed by atoms with E-state index >= 15 is 0 Å². The lowest BCUT2D eigenvalue weighted by molar-refractivity contribution is -0.195. The molecule has 1 aliphatic rings. The van der Waals surface area contributed by atoms with Gasteiger partial charge in [0.15, 0.2) is 0 Å². The predicted octanol–water partition coefficient (Wildman–Crippen LogP) is 3.76. The van der Waals surface area contributed by atoms with Crippen molar-refractivity contribution in [2.24, 2.45) is 0 Å². The van der Waals surface area contributed by atoms with Crippen molar-refractivity contribution >= 4 is 8.32 Å². The van der Waals surface area contributed by atoms with Crippen molar-refractivity contribution < 1.29 is 13.9 Å². The summed E-state index contributed by atoms with van der Waals surface area (Å²) in [5.41, 5.74) is 1.12. The Morgan fingerprint density at radius 2 is 1.75 bits per heavy atom. The van der Waals surface area contributed by atoms with E-state index < -0.39 is 14.1 Å². The second-order valence-corrected chi connectivity index (χ2v) is 10.1. The summed E-state index contributed by atoms with van der Waals surface area (Å²) in [6, 6.07) is 0. The zero-order valence-corrected chi connectivity index (χ0v) is 12.3. The van der Waals surface area contributed by atoms with E-state index in [-0.39, 0.29) is 0 Å². The average molecular weight is 242 g/mol. The summed E-state index contributed by atoms with van der Waals surface area (Å²) in [6.45, 7) is 14.2. The summed E-state index contributed by atoms with van der Waals surface area (Å²) >= 11 is 0. The average Bonchev–Trinajstić information content (AvgIpc) is 1.96. The van der Waals surface area contributed by atoms with Gasteiger partial charge in [-0.2, -0.15) is 0 Å². The minimum absolute atomic E-state index is 0.576. The quantitative estimate of drug-likeness (QED) is 0.690. The maximum Gasteiger partial charge on any atom is 0.272 e. The normalized spacial score (nSPS) is 19.4. The molecular weight excluding hydrogens is 220 g/mol. The molecule has 0 radical (unpaired) electrons. The number of rotatable bonds is 2. The molecule has 0 aromatic heterocycles. The van der Waals surface area contributed by atoms with Crippen LogP contribution in [-0.2, 0) is 13.9 Å². The minimum Gasteiger partial charge on any atom is -0.520 e. The number of allylic oxidation sites excluding steroid dienone is 2. The van der Waals surface area contributed by atoms with Gasteiger partial charge in [0.1, 0.15) is 5.76 Å². The van der Waals surface area contributed by atoms with E-state index in [1.54, 1.807) is 0 Å². The van der Waals surface area contributed by atoms with Gasteiger partial charge in [0.05, 0.1) is 6.08 Å². The Bertz CT molecular complexity index is 331. The molecular formula is C12H22O3Si. The molecule has 1 rings (SSSR count). The first-order valence-corrected chi connectivity index (χ1v) is 8.96.